The number of aliphatic hydroxyl groups excluding tert-OH is 2. The molecule has 1 aromatic carbocycles. The van der Waals surface area contributed by atoms with Crippen molar-refractivity contribution in [2.45, 2.75) is 58.2 Å². The maximum absolute atomic E-state index is 11.3. The number of benzene rings is 1. The first-order valence-electron chi connectivity index (χ1n) is 7.35. The van der Waals surface area contributed by atoms with Crippen LogP contribution in [0.15, 0.2) is 18.2 Å². The van der Waals surface area contributed by atoms with Gasteiger partial charge >= 0.3 is 5.97 Å². The molecule has 0 saturated heterocycles. The summed E-state index contributed by atoms with van der Waals surface area (Å²) in [5.74, 6) is -0.0907. The van der Waals surface area contributed by atoms with Crippen molar-refractivity contribution in [2.24, 2.45) is 0 Å². The minimum absolute atomic E-state index is 0.221. The third-order valence-electron chi connectivity index (χ3n) is 3.68. The Morgan fingerprint density at radius 1 is 1.10 bits per heavy atom. The number of aliphatic hydroxyl groups is 2. The van der Waals surface area contributed by atoms with Crippen molar-refractivity contribution in [3.05, 3.63) is 34.9 Å². The molecule has 0 aliphatic heterocycles. The summed E-state index contributed by atoms with van der Waals surface area (Å²) >= 11 is 0. The fourth-order valence-electron chi connectivity index (χ4n) is 2.51. The first kappa shape index (κ1) is 17.7. The molecule has 0 saturated carbocycles. The summed E-state index contributed by atoms with van der Waals surface area (Å²) in [6, 6.07) is 5.88. The Balaban J connectivity index is 3.22. The van der Waals surface area contributed by atoms with Crippen LogP contribution in [0.1, 0.15) is 68.7 Å². The molecule has 2 atom stereocenters. The average molecular weight is 294 g/mol. The van der Waals surface area contributed by atoms with Gasteiger partial charge in [-0.15, -0.1) is 0 Å². The van der Waals surface area contributed by atoms with Gasteiger partial charge in [0.25, 0.3) is 0 Å². The van der Waals surface area contributed by atoms with Crippen LogP contribution in [0, 0.1) is 0 Å². The molecule has 1 aromatic rings. The topological polar surface area (TPSA) is 66.8 Å². The van der Waals surface area contributed by atoms with E-state index < -0.39 is 18.2 Å². The van der Waals surface area contributed by atoms with Crippen molar-refractivity contribution in [3.8, 4) is 0 Å². The fourth-order valence-corrected chi connectivity index (χ4v) is 2.51. The minimum atomic E-state index is -1.17. The van der Waals surface area contributed by atoms with Crippen LogP contribution in [0.25, 0.3) is 0 Å². The van der Waals surface area contributed by atoms with E-state index in [1.54, 1.807) is 0 Å². The molecule has 0 aromatic heterocycles. The maximum atomic E-state index is 11.3. The Hall–Kier alpha value is -1.39. The normalized spacial score (nSPS) is 14.3. The summed E-state index contributed by atoms with van der Waals surface area (Å²) < 4.78 is 4.55. The lowest BCUT2D eigenvalue weighted by molar-refractivity contribution is -0.144. The number of rotatable bonds is 6. The van der Waals surface area contributed by atoms with Gasteiger partial charge < -0.3 is 14.9 Å². The second-order valence-electron chi connectivity index (χ2n) is 5.95. The van der Waals surface area contributed by atoms with Crippen molar-refractivity contribution >= 4 is 5.97 Å². The number of carbonyl (C=O) groups is 1. The molecular weight excluding hydrogens is 268 g/mol. The van der Waals surface area contributed by atoms with Crippen molar-refractivity contribution in [3.63, 3.8) is 0 Å². The standard InChI is InChI=1S/C17H26O4/c1-10(2)12-7-6-8-13(11(3)4)16(12)17(20)14(18)9-15(19)21-5/h6-8,10-11,14,17-18,20H,9H2,1-5H3. The summed E-state index contributed by atoms with van der Waals surface area (Å²) in [6.45, 7) is 8.18. The Morgan fingerprint density at radius 2 is 1.57 bits per heavy atom. The lowest BCUT2D eigenvalue weighted by Gasteiger charge is -2.26. The molecule has 1 rings (SSSR count). The Labute approximate surface area is 126 Å². The third kappa shape index (κ3) is 4.29. The van der Waals surface area contributed by atoms with Gasteiger partial charge in [-0.05, 0) is 28.5 Å². The van der Waals surface area contributed by atoms with Gasteiger partial charge in [0.15, 0.2) is 0 Å². The van der Waals surface area contributed by atoms with Crippen molar-refractivity contribution < 1.29 is 19.7 Å². The molecule has 0 amide bonds. The van der Waals surface area contributed by atoms with Crippen molar-refractivity contribution in [2.75, 3.05) is 7.11 Å². The second-order valence-corrected chi connectivity index (χ2v) is 5.95. The molecule has 0 radical (unpaired) electrons. The molecule has 4 heteroatoms. The van der Waals surface area contributed by atoms with Gasteiger partial charge in [-0.1, -0.05) is 45.9 Å². The maximum Gasteiger partial charge on any atom is 0.308 e. The van der Waals surface area contributed by atoms with E-state index in [2.05, 4.69) is 4.74 Å². The summed E-state index contributed by atoms with van der Waals surface area (Å²) in [7, 11) is 1.27. The molecule has 0 bridgehead atoms. The highest BCUT2D eigenvalue weighted by atomic mass is 16.5. The molecule has 0 aliphatic carbocycles. The Bertz CT molecular complexity index is 453. The first-order valence-corrected chi connectivity index (χ1v) is 7.35. The first-order chi connectivity index (χ1) is 9.79. The van der Waals surface area contributed by atoms with E-state index in [1.807, 2.05) is 45.9 Å². The average Bonchev–Trinajstić information content (AvgIpc) is 2.44. The van der Waals surface area contributed by atoms with Gasteiger partial charge in [0.1, 0.15) is 6.10 Å². The number of hydrogen-bond donors (Lipinski definition) is 2. The zero-order chi connectivity index (χ0) is 16.2. The van der Waals surface area contributed by atoms with Gasteiger partial charge in [-0.3, -0.25) is 4.79 Å². The third-order valence-corrected chi connectivity index (χ3v) is 3.68. The number of hydrogen-bond acceptors (Lipinski definition) is 4. The highest BCUT2D eigenvalue weighted by Gasteiger charge is 2.27. The van der Waals surface area contributed by atoms with Crippen LogP contribution >= 0.6 is 0 Å². The Morgan fingerprint density at radius 3 is 1.95 bits per heavy atom. The van der Waals surface area contributed by atoms with Crippen molar-refractivity contribution in [1.29, 1.82) is 0 Å². The van der Waals surface area contributed by atoms with Crippen LogP contribution in [0.3, 0.4) is 0 Å². The van der Waals surface area contributed by atoms with Crippen molar-refractivity contribution in [1.82, 2.24) is 0 Å². The molecule has 0 fully saturated rings. The van der Waals surface area contributed by atoms with E-state index in [1.165, 1.54) is 7.11 Å². The largest absolute Gasteiger partial charge is 0.469 e. The van der Waals surface area contributed by atoms with E-state index in [0.717, 1.165) is 16.7 Å². The molecule has 2 N–H and O–H groups in total. The van der Waals surface area contributed by atoms with Crippen LogP contribution < -0.4 is 0 Å². The van der Waals surface area contributed by atoms with E-state index in [9.17, 15) is 15.0 Å². The molecule has 21 heavy (non-hydrogen) atoms. The lowest BCUT2D eigenvalue weighted by atomic mass is 9.84. The summed E-state index contributed by atoms with van der Waals surface area (Å²) in [5, 5.41) is 20.7. The van der Waals surface area contributed by atoms with Crippen LogP contribution in [0.4, 0.5) is 0 Å². The number of esters is 1. The van der Waals surface area contributed by atoms with Crippen LogP contribution in [0.2, 0.25) is 0 Å². The van der Waals surface area contributed by atoms with E-state index in [-0.39, 0.29) is 18.3 Å². The fraction of sp³-hybridized carbons (Fsp3) is 0.588. The van der Waals surface area contributed by atoms with Gasteiger partial charge in [-0.25, -0.2) is 0 Å². The monoisotopic (exact) mass is 294 g/mol. The van der Waals surface area contributed by atoms with E-state index in [4.69, 9.17) is 0 Å². The minimum Gasteiger partial charge on any atom is -0.469 e. The van der Waals surface area contributed by atoms with Gasteiger partial charge in [0, 0.05) is 0 Å². The van der Waals surface area contributed by atoms with Gasteiger partial charge in [-0.2, -0.15) is 0 Å². The molecule has 0 heterocycles. The van der Waals surface area contributed by atoms with E-state index in [0.29, 0.717) is 0 Å². The highest BCUT2D eigenvalue weighted by Crippen LogP contribution is 2.34. The molecule has 118 valence electrons. The van der Waals surface area contributed by atoms with Gasteiger partial charge in [0.05, 0.1) is 19.6 Å². The smallest absolute Gasteiger partial charge is 0.308 e. The zero-order valence-corrected chi connectivity index (χ0v) is 13.5. The number of ether oxygens (including phenoxy) is 1. The Kier molecular flexibility index (Phi) is 6.37. The highest BCUT2D eigenvalue weighted by molar-refractivity contribution is 5.69. The zero-order valence-electron chi connectivity index (χ0n) is 13.5. The van der Waals surface area contributed by atoms with Gasteiger partial charge in [0.2, 0.25) is 0 Å². The van der Waals surface area contributed by atoms with Crippen LogP contribution in [-0.4, -0.2) is 29.4 Å². The van der Waals surface area contributed by atoms with Crippen LogP contribution in [-0.2, 0) is 9.53 Å². The summed E-state index contributed by atoms with van der Waals surface area (Å²) in [4.78, 5) is 11.3. The SMILES string of the molecule is COC(=O)CC(O)C(O)c1c(C(C)C)cccc1C(C)C. The summed E-state index contributed by atoms with van der Waals surface area (Å²) in [6.07, 6.45) is -2.49. The predicted octanol–water partition coefficient (Wildman–Crippen LogP) is 2.89. The molecule has 2 unspecified atom stereocenters. The number of carbonyl (C=O) groups excluding carboxylic acids is 1. The number of methoxy groups -OCH3 is 1. The van der Waals surface area contributed by atoms with Crippen LogP contribution in [0.5, 0.6) is 0 Å². The molecule has 0 aliphatic rings. The summed E-state index contributed by atoms with van der Waals surface area (Å²) in [5.41, 5.74) is 2.73. The van der Waals surface area contributed by atoms with E-state index >= 15 is 0 Å². The lowest BCUT2D eigenvalue weighted by Crippen LogP contribution is -2.25. The molecular formula is C17H26O4. The predicted molar refractivity (Wildman–Crippen MR) is 82.2 cm³/mol. The molecule has 0 spiro atoms. The quantitative estimate of drug-likeness (QED) is 0.792. The second kappa shape index (κ2) is 7.57. The molecule has 4 nitrogen and oxygen atoms in total.